The summed E-state index contributed by atoms with van der Waals surface area (Å²) in [6, 6.07) is 48.5. The van der Waals surface area contributed by atoms with E-state index in [0.29, 0.717) is 11.5 Å². The van der Waals surface area contributed by atoms with Gasteiger partial charge in [0.25, 0.3) is 0 Å². The van der Waals surface area contributed by atoms with E-state index in [1.165, 1.54) is 16.3 Å². The maximum atomic E-state index is 6.55. The van der Waals surface area contributed by atoms with Crippen molar-refractivity contribution in [1.29, 1.82) is 0 Å². The van der Waals surface area contributed by atoms with Crippen LogP contribution in [0.5, 0.6) is 0 Å². The highest BCUT2D eigenvalue weighted by molar-refractivity contribution is 6.19. The summed E-state index contributed by atoms with van der Waals surface area (Å²) < 4.78 is 12.7. The predicted octanol–water partition coefficient (Wildman–Crippen LogP) is 11.7. The van der Waals surface area contributed by atoms with Crippen molar-refractivity contribution >= 4 is 82.9 Å². The maximum absolute atomic E-state index is 6.55. The van der Waals surface area contributed by atoms with Crippen LogP contribution in [-0.4, -0.2) is 9.97 Å². The van der Waals surface area contributed by atoms with Gasteiger partial charge in [0.15, 0.2) is 5.58 Å². The highest BCUT2D eigenvalue weighted by Gasteiger charge is 2.31. The zero-order valence-corrected chi connectivity index (χ0v) is 24.9. The van der Waals surface area contributed by atoms with E-state index in [1.807, 2.05) is 42.5 Å². The van der Waals surface area contributed by atoms with Crippen LogP contribution >= 0.6 is 0 Å². The van der Waals surface area contributed by atoms with Crippen molar-refractivity contribution in [2.45, 2.75) is 0 Å². The molecule has 7 aromatic carbocycles. The lowest BCUT2D eigenvalue weighted by molar-refractivity contribution is 0.666. The van der Waals surface area contributed by atoms with E-state index >= 15 is 0 Å². The first-order valence-corrected chi connectivity index (χ1v) is 15.8. The number of para-hydroxylation sites is 2. The average molecular weight is 602 g/mol. The molecule has 0 N–H and O–H groups in total. The Bertz CT molecular complexity index is 2930. The normalized spacial score (nSPS) is 12.6. The average Bonchev–Trinajstić information content (AvgIpc) is 3.69. The Kier molecular flexibility index (Phi) is 4.78. The first kappa shape index (κ1) is 24.8. The van der Waals surface area contributed by atoms with Crippen LogP contribution in [0.4, 0.5) is 17.3 Å². The first-order chi connectivity index (χ1) is 23.3. The Labute approximate surface area is 267 Å². The summed E-state index contributed by atoms with van der Waals surface area (Å²) >= 11 is 0. The summed E-state index contributed by atoms with van der Waals surface area (Å²) in [5.41, 5.74) is 10.1. The molecule has 1 aliphatic rings. The molecule has 4 heterocycles. The van der Waals surface area contributed by atoms with Crippen molar-refractivity contribution in [1.82, 2.24) is 9.97 Å². The second kappa shape index (κ2) is 9.05. The Morgan fingerprint density at radius 2 is 1.21 bits per heavy atom. The van der Waals surface area contributed by atoms with E-state index in [4.69, 9.17) is 18.8 Å². The van der Waals surface area contributed by atoms with Gasteiger partial charge < -0.3 is 8.83 Å². The largest absolute Gasteiger partial charge is 0.456 e. The number of benzene rings is 7. The molecule has 218 valence electrons. The number of hydrogen-bond donors (Lipinski definition) is 0. The molecular formula is C42H23N3O2. The lowest BCUT2D eigenvalue weighted by Crippen LogP contribution is -2.18. The van der Waals surface area contributed by atoms with Gasteiger partial charge in [-0.3, -0.25) is 4.90 Å². The molecular weight excluding hydrogens is 578 g/mol. The van der Waals surface area contributed by atoms with Gasteiger partial charge in [0.2, 0.25) is 5.95 Å². The molecule has 5 heteroatoms. The fourth-order valence-corrected chi connectivity index (χ4v) is 7.52. The van der Waals surface area contributed by atoms with Crippen LogP contribution in [0.1, 0.15) is 0 Å². The molecule has 10 aromatic rings. The van der Waals surface area contributed by atoms with Gasteiger partial charge >= 0.3 is 0 Å². The second-order valence-corrected chi connectivity index (χ2v) is 12.2. The molecule has 1 aliphatic heterocycles. The molecule has 0 bridgehead atoms. The first-order valence-electron chi connectivity index (χ1n) is 15.8. The number of nitrogens with zero attached hydrogens (tertiary/aromatic N) is 3. The monoisotopic (exact) mass is 601 g/mol. The molecule has 3 aromatic heterocycles. The Hall–Kier alpha value is -6.46. The van der Waals surface area contributed by atoms with Gasteiger partial charge in [-0.05, 0) is 58.8 Å². The van der Waals surface area contributed by atoms with Crippen molar-refractivity contribution in [3.05, 3.63) is 140 Å². The molecule has 5 nitrogen and oxygen atoms in total. The fraction of sp³-hybridized carbons (Fsp3) is 0. The van der Waals surface area contributed by atoms with E-state index in [1.54, 1.807) is 0 Å². The third-order valence-electron chi connectivity index (χ3n) is 9.60. The van der Waals surface area contributed by atoms with Gasteiger partial charge in [0.05, 0.1) is 11.4 Å². The van der Waals surface area contributed by atoms with E-state index in [-0.39, 0.29) is 0 Å². The Balaban J connectivity index is 1.27. The van der Waals surface area contributed by atoms with E-state index in [2.05, 4.69) is 102 Å². The summed E-state index contributed by atoms with van der Waals surface area (Å²) in [4.78, 5) is 13.0. The van der Waals surface area contributed by atoms with Crippen molar-refractivity contribution in [3.63, 3.8) is 0 Å². The molecule has 0 aliphatic carbocycles. The van der Waals surface area contributed by atoms with Crippen LogP contribution in [0, 0.1) is 0 Å². The molecule has 0 amide bonds. The minimum absolute atomic E-state index is 0.593. The van der Waals surface area contributed by atoms with E-state index < -0.39 is 0 Å². The molecule has 0 saturated heterocycles. The quantitative estimate of drug-likeness (QED) is 0.197. The molecule has 47 heavy (non-hydrogen) atoms. The molecule has 0 radical (unpaired) electrons. The maximum Gasteiger partial charge on any atom is 0.236 e. The number of rotatable bonds is 2. The van der Waals surface area contributed by atoms with Crippen LogP contribution in [0.15, 0.2) is 148 Å². The third kappa shape index (κ3) is 3.37. The number of anilines is 3. The van der Waals surface area contributed by atoms with E-state index in [9.17, 15) is 0 Å². The topological polar surface area (TPSA) is 55.3 Å². The number of hydrogen-bond acceptors (Lipinski definition) is 5. The SMILES string of the molecule is c1ccc2c3c(ccc2c1)-c1cccc2cccc(c12)N3c1nc(-c2ccc3oc4ccccc4c3c2)c2oc3ccccc3c2n1. The van der Waals surface area contributed by atoms with Gasteiger partial charge in [-0.2, -0.15) is 0 Å². The van der Waals surface area contributed by atoms with Crippen LogP contribution in [0.2, 0.25) is 0 Å². The molecule has 0 fully saturated rings. The minimum atomic E-state index is 0.593. The second-order valence-electron chi connectivity index (χ2n) is 12.2. The Morgan fingerprint density at radius 3 is 2.11 bits per heavy atom. The highest BCUT2D eigenvalue weighted by Crippen LogP contribution is 2.53. The highest BCUT2D eigenvalue weighted by atomic mass is 16.3. The summed E-state index contributed by atoms with van der Waals surface area (Å²) in [6.45, 7) is 0. The minimum Gasteiger partial charge on any atom is -0.456 e. The summed E-state index contributed by atoms with van der Waals surface area (Å²) in [7, 11) is 0. The van der Waals surface area contributed by atoms with Gasteiger partial charge in [-0.15, -0.1) is 0 Å². The Morgan fingerprint density at radius 1 is 0.489 bits per heavy atom. The van der Waals surface area contributed by atoms with Crippen molar-refractivity contribution < 1.29 is 8.83 Å². The fourth-order valence-electron chi connectivity index (χ4n) is 7.52. The smallest absolute Gasteiger partial charge is 0.236 e. The van der Waals surface area contributed by atoms with Crippen LogP contribution in [0.3, 0.4) is 0 Å². The number of furan rings is 2. The molecule has 11 rings (SSSR count). The van der Waals surface area contributed by atoms with Crippen molar-refractivity contribution in [3.8, 4) is 22.4 Å². The van der Waals surface area contributed by atoms with Crippen molar-refractivity contribution in [2.75, 3.05) is 4.90 Å². The predicted molar refractivity (Wildman–Crippen MR) is 191 cm³/mol. The molecule has 0 unspecified atom stereocenters. The van der Waals surface area contributed by atoms with Gasteiger partial charge in [0.1, 0.15) is 28.0 Å². The van der Waals surface area contributed by atoms with Crippen molar-refractivity contribution in [2.24, 2.45) is 0 Å². The molecule has 0 spiro atoms. The number of aromatic nitrogens is 2. The van der Waals surface area contributed by atoms with Crippen LogP contribution < -0.4 is 4.90 Å². The standard InChI is InChI=1S/C42H23N3O2/c1-2-12-27-24(9-1)19-21-30-29-15-7-10-25-11-8-16-33(37(25)29)45(40(27)30)42-43-38(41-39(44-42)31-14-4-6-18-35(31)47-41)26-20-22-36-32(23-26)28-13-3-5-17-34(28)46-36/h1-23H. The number of fused-ring (bicyclic) bond motifs is 10. The van der Waals surface area contributed by atoms with Crippen LogP contribution in [-0.2, 0) is 0 Å². The van der Waals surface area contributed by atoms with Crippen LogP contribution in [0.25, 0.3) is 87.9 Å². The van der Waals surface area contributed by atoms with E-state index in [0.717, 1.165) is 77.4 Å². The lowest BCUT2D eigenvalue weighted by Gasteiger charge is -2.33. The summed E-state index contributed by atoms with van der Waals surface area (Å²) in [5, 5.41) is 7.73. The van der Waals surface area contributed by atoms with Gasteiger partial charge in [-0.1, -0.05) is 97.1 Å². The molecule has 0 atom stereocenters. The zero-order valence-electron chi connectivity index (χ0n) is 24.9. The lowest BCUT2D eigenvalue weighted by atomic mass is 9.89. The third-order valence-corrected chi connectivity index (χ3v) is 9.60. The van der Waals surface area contributed by atoms with Gasteiger partial charge in [0, 0.05) is 38.1 Å². The van der Waals surface area contributed by atoms with Gasteiger partial charge in [-0.25, -0.2) is 9.97 Å². The summed E-state index contributed by atoms with van der Waals surface area (Å²) in [6.07, 6.45) is 0. The zero-order chi connectivity index (χ0) is 30.6. The molecule has 0 saturated carbocycles. The summed E-state index contributed by atoms with van der Waals surface area (Å²) in [5.74, 6) is 0.593.